The first-order valence-electron chi connectivity index (χ1n) is 17.3. The number of halogens is 1. The zero-order valence-electron chi connectivity index (χ0n) is 28.0. The third kappa shape index (κ3) is 4.58. The smallest absolute Gasteiger partial charge is 0.269 e. The maximum atomic E-state index is 15.5. The second-order valence-corrected chi connectivity index (χ2v) is 14.5. The fourth-order valence-electron chi connectivity index (χ4n) is 9.62. The Labute approximate surface area is 308 Å². The van der Waals surface area contributed by atoms with Crippen LogP contribution in [0, 0.1) is 33.8 Å². The molecule has 6 unspecified atom stereocenters. The van der Waals surface area contributed by atoms with E-state index in [2.05, 4.69) is 0 Å². The SMILES string of the molecule is O=C1C2CC=C3C(CC4C(=O)N(c5cccc(Cl)c5)C(=O)C4(c4ccccc4)C3c3c(O)ccc4ccccc34)C2C(=O)N1c1ccc([N+](=O)[O-])cc1. The predicted octanol–water partition coefficient (Wildman–Crippen LogP) is 7.47. The third-order valence-electron chi connectivity index (χ3n) is 11.7. The number of imide groups is 2. The predicted molar refractivity (Wildman–Crippen MR) is 197 cm³/mol. The van der Waals surface area contributed by atoms with Gasteiger partial charge in [-0.2, -0.15) is 0 Å². The van der Waals surface area contributed by atoms with Crippen LogP contribution in [0.5, 0.6) is 5.75 Å². The molecule has 1 N–H and O–H groups in total. The van der Waals surface area contributed by atoms with Crippen LogP contribution < -0.4 is 9.80 Å². The zero-order valence-corrected chi connectivity index (χ0v) is 28.7. The van der Waals surface area contributed by atoms with Crippen molar-refractivity contribution in [1.29, 1.82) is 0 Å². The van der Waals surface area contributed by atoms with Gasteiger partial charge < -0.3 is 5.11 Å². The number of anilines is 2. The van der Waals surface area contributed by atoms with E-state index in [4.69, 9.17) is 11.6 Å². The maximum Gasteiger partial charge on any atom is 0.269 e. The van der Waals surface area contributed by atoms with E-state index in [0.29, 0.717) is 32.8 Å². The number of nitro benzene ring substituents is 1. The molecule has 53 heavy (non-hydrogen) atoms. The Hall–Kier alpha value is -6.13. The molecule has 10 nitrogen and oxygen atoms in total. The van der Waals surface area contributed by atoms with Gasteiger partial charge in [0, 0.05) is 28.6 Å². The summed E-state index contributed by atoms with van der Waals surface area (Å²) in [5, 5.41) is 25.1. The van der Waals surface area contributed by atoms with E-state index < -0.39 is 63.6 Å². The number of carbonyl (C=O) groups is 4. The van der Waals surface area contributed by atoms with E-state index in [1.807, 2.05) is 60.7 Å². The van der Waals surface area contributed by atoms with Crippen LogP contribution in [0.15, 0.2) is 127 Å². The molecule has 0 aromatic heterocycles. The Kier molecular flexibility index (Phi) is 7.39. The number of carbonyl (C=O) groups excluding carboxylic acids is 4. The van der Waals surface area contributed by atoms with Gasteiger partial charge in [-0.1, -0.05) is 90.0 Å². The number of non-ortho nitro benzene ring substituents is 1. The zero-order chi connectivity index (χ0) is 36.8. The van der Waals surface area contributed by atoms with Crippen molar-refractivity contribution in [1.82, 2.24) is 0 Å². The largest absolute Gasteiger partial charge is 0.508 e. The summed E-state index contributed by atoms with van der Waals surface area (Å²) in [5.41, 5.74) is 0.561. The van der Waals surface area contributed by atoms with Crippen molar-refractivity contribution in [3.8, 4) is 5.75 Å². The van der Waals surface area contributed by atoms with Crippen molar-refractivity contribution in [2.75, 3.05) is 9.80 Å². The maximum absolute atomic E-state index is 15.5. The number of phenols is 1. The summed E-state index contributed by atoms with van der Waals surface area (Å²) in [6.07, 6.45) is 2.20. The van der Waals surface area contributed by atoms with E-state index in [1.54, 1.807) is 36.4 Å². The molecule has 1 saturated carbocycles. The number of allylic oxidation sites excluding steroid dienone is 2. The molecule has 5 aromatic rings. The molecule has 11 heteroatoms. The molecule has 262 valence electrons. The Morgan fingerprint density at radius 3 is 2.23 bits per heavy atom. The van der Waals surface area contributed by atoms with Crippen LogP contribution in [-0.2, 0) is 24.6 Å². The van der Waals surface area contributed by atoms with Gasteiger partial charge in [0.2, 0.25) is 23.6 Å². The number of aromatic hydroxyl groups is 1. The molecule has 0 radical (unpaired) electrons. The minimum atomic E-state index is -1.55. The molecule has 9 rings (SSSR count). The number of hydrogen-bond donors (Lipinski definition) is 1. The molecule has 4 amide bonds. The molecular formula is C42H30ClN3O7. The Balaban J connectivity index is 1.29. The molecule has 0 bridgehead atoms. The van der Waals surface area contributed by atoms with Crippen LogP contribution in [0.2, 0.25) is 5.02 Å². The molecule has 2 aliphatic heterocycles. The second kappa shape index (κ2) is 12.0. The van der Waals surface area contributed by atoms with Crippen LogP contribution in [-0.4, -0.2) is 33.7 Å². The average molecular weight is 724 g/mol. The van der Waals surface area contributed by atoms with Gasteiger partial charge >= 0.3 is 0 Å². The third-order valence-corrected chi connectivity index (χ3v) is 12.0. The van der Waals surface area contributed by atoms with Gasteiger partial charge in [-0.15, -0.1) is 0 Å². The number of nitrogens with zero attached hydrogens (tertiary/aromatic N) is 3. The number of hydrogen-bond acceptors (Lipinski definition) is 7. The standard InChI is InChI=1S/C42H30ClN3O7/c43-25-10-6-11-28(21-25)45-39(49)33-22-32-30(18-19-31-35(32)40(50)44(38(31)48)26-14-16-27(17-15-26)46(52)53)37(42(33,41(45)51)24-8-2-1-3-9-24)36-29-12-5-4-7-23(29)13-20-34(36)47/h1-18,20-21,31-33,35,37,47H,19,22H2. The second-order valence-electron chi connectivity index (χ2n) is 14.1. The first-order valence-corrected chi connectivity index (χ1v) is 17.7. The molecule has 2 aliphatic carbocycles. The molecule has 2 saturated heterocycles. The van der Waals surface area contributed by atoms with Crippen LogP contribution in [0.3, 0.4) is 0 Å². The summed E-state index contributed by atoms with van der Waals surface area (Å²) in [7, 11) is 0. The van der Waals surface area contributed by atoms with Gasteiger partial charge in [0.05, 0.1) is 39.5 Å². The number of nitro groups is 1. The first kappa shape index (κ1) is 32.8. The highest BCUT2D eigenvalue weighted by Crippen LogP contribution is 2.66. The Morgan fingerprint density at radius 2 is 1.49 bits per heavy atom. The summed E-state index contributed by atoms with van der Waals surface area (Å²) in [6, 6.07) is 31.9. The lowest BCUT2D eigenvalue weighted by atomic mass is 9.48. The van der Waals surface area contributed by atoms with E-state index in [9.17, 15) is 24.8 Å². The van der Waals surface area contributed by atoms with E-state index >= 15 is 9.59 Å². The van der Waals surface area contributed by atoms with Crippen molar-refractivity contribution < 1.29 is 29.2 Å². The molecule has 3 fully saturated rings. The van der Waals surface area contributed by atoms with Crippen molar-refractivity contribution in [2.24, 2.45) is 23.7 Å². The quantitative estimate of drug-likeness (QED) is 0.0859. The van der Waals surface area contributed by atoms with Crippen molar-refractivity contribution >= 4 is 63.1 Å². The van der Waals surface area contributed by atoms with Gasteiger partial charge in [-0.25, -0.2) is 4.90 Å². The number of fused-ring (bicyclic) bond motifs is 5. The normalized spacial score (nSPS) is 26.4. The fourth-order valence-corrected chi connectivity index (χ4v) is 9.81. The van der Waals surface area contributed by atoms with E-state index in [0.717, 1.165) is 10.3 Å². The Bertz CT molecular complexity index is 2450. The minimum absolute atomic E-state index is 0.0609. The molecule has 0 spiro atoms. The van der Waals surface area contributed by atoms with E-state index in [-0.39, 0.29) is 30.0 Å². The van der Waals surface area contributed by atoms with Crippen LogP contribution in [0.4, 0.5) is 17.1 Å². The van der Waals surface area contributed by atoms with Gasteiger partial charge in [0.15, 0.2) is 0 Å². The Morgan fingerprint density at radius 1 is 0.755 bits per heavy atom. The molecule has 5 aromatic carbocycles. The fraction of sp³-hybridized carbons (Fsp3) is 0.190. The van der Waals surface area contributed by atoms with Gasteiger partial charge in [0.1, 0.15) is 5.75 Å². The monoisotopic (exact) mass is 723 g/mol. The number of rotatable bonds is 5. The van der Waals surface area contributed by atoms with Crippen LogP contribution >= 0.6 is 11.6 Å². The minimum Gasteiger partial charge on any atom is -0.508 e. The average Bonchev–Trinajstić information content (AvgIpc) is 3.56. The molecule has 2 heterocycles. The van der Waals surface area contributed by atoms with Crippen LogP contribution in [0.1, 0.15) is 29.9 Å². The highest BCUT2D eigenvalue weighted by atomic mass is 35.5. The summed E-state index contributed by atoms with van der Waals surface area (Å²) in [4.78, 5) is 72.3. The summed E-state index contributed by atoms with van der Waals surface area (Å²) in [5.74, 6) is -6.11. The van der Waals surface area contributed by atoms with Crippen molar-refractivity contribution in [2.45, 2.75) is 24.2 Å². The highest BCUT2D eigenvalue weighted by molar-refractivity contribution is 6.32. The molecule has 4 aliphatic rings. The lowest BCUT2D eigenvalue weighted by Gasteiger charge is -2.51. The lowest BCUT2D eigenvalue weighted by molar-refractivity contribution is -0.384. The van der Waals surface area contributed by atoms with Crippen molar-refractivity contribution in [3.05, 3.63) is 153 Å². The summed E-state index contributed by atoms with van der Waals surface area (Å²) in [6.45, 7) is 0. The first-order chi connectivity index (χ1) is 25.6. The summed E-state index contributed by atoms with van der Waals surface area (Å²) < 4.78 is 0. The van der Waals surface area contributed by atoms with Gasteiger partial charge in [0.25, 0.3) is 5.69 Å². The highest BCUT2D eigenvalue weighted by Gasteiger charge is 2.70. The topological polar surface area (TPSA) is 138 Å². The number of amides is 4. The number of benzene rings is 5. The molecular weight excluding hydrogens is 694 g/mol. The molecule has 6 atom stereocenters. The van der Waals surface area contributed by atoms with Crippen molar-refractivity contribution in [3.63, 3.8) is 0 Å². The number of phenolic OH excluding ortho intramolecular Hbond substituents is 1. The summed E-state index contributed by atoms with van der Waals surface area (Å²) >= 11 is 6.41. The van der Waals surface area contributed by atoms with Gasteiger partial charge in [-0.3, -0.25) is 34.2 Å². The lowest BCUT2D eigenvalue weighted by Crippen LogP contribution is -2.53. The van der Waals surface area contributed by atoms with E-state index in [1.165, 1.54) is 29.2 Å². The van der Waals surface area contributed by atoms with Crippen LogP contribution in [0.25, 0.3) is 10.8 Å². The van der Waals surface area contributed by atoms with Gasteiger partial charge in [-0.05, 0) is 71.5 Å².